The zero-order valence-electron chi connectivity index (χ0n) is 11.4. The first-order valence-corrected chi connectivity index (χ1v) is 7.28. The minimum atomic E-state index is -0.400. The lowest BCUT2D eigenvalue weighted by atomic mass is 10.00. The molecule has 0 aliphatic heterocycles. The van der Waals surface area contributed by atoms with E-state index in [4.69, 9.17) is 0 Å². The summed E-state index contributed by atoms with van der Waals surface area (Å²) in [5, 5.41) is 13.3. The molecule has 2 rings (SSSR count). The van der Waals surface area contributed by atoms with Crippen LogP contribution < -0.4 is 5.32 Å². The van der Waals surface area contributed by atoms with Crippen LogP contribution in [0.5, 0.6) is 0 Å². The van der Waals surface area contributed by atoms with Crippen molar-refractivity contribution in [1.29, 1.82) is 0 Å². The average molecular weight is 247 g/mol. The third-order valence-electron chi connectivity index (χ3n) is 3.97. The number of hydrogen-bond acceptors (Lipinski definition) is 2. The van der Waals surface area contributed by atoms with Gasteiger partial charge in [-0.05, 0) is 31.7 Å². The molecule has 2 nitrogen and oxygen atoms in total. The maximum atomic E-state index is 9.75. The van der Waals surface area contributed by atoms with E-state index in [0.29, 0.717) is 0 Å². The molecule has 0 bridgehead atoms. The van der Waals surface area contributed by atoms with Crippen LogP contribution in [-0.2, 0) is 0 Å². The Morgan fingerprint density at radius 1 is 1.17 bits per heavy atom. The predicted octanol–water partition coefficient (Wildman–Crippen LogP) is 4.12. The maximum Gasteiger partial charge on any atom is 0.0781 e. The maximum absolute atomic E-state index is 9.75. The van der Waals surface area contributed by atoms with E-state index >= 15 is 0 Å². The molecule has 1 atom stereocenters. The molecule has 2 N–H and O–H groups in total. The van der Waals surface area contributed by atoms with E-state index in [1.165, 1.54) is 38.5 Å². The van der Waals surface area contributed by atoms with E-state index in [1.54, 1.807) is 0 Å². The second-order valence-corrected chi connectivity index (χ2v) is 5.50. The van der Waals surface area contributed by atoms with Crippen molar-refractivity contribution in [2.45, 2.75) is 51.6 Å². The van der Waals surface area contributed by atoms with E-state index in [1.807, 2.05) is 25.1 Å². The van der Waals surface area contributed by atoms with Gasteiger partial charge in [-0.15, -0.1) is 0 Å². The molecule has 1 aliphatic carbocycles. The van der Waals surface area contributed by atoms with E-state index in [-0.39, 0.29) is 0 Å². The average Bonchev–Trinajstić information content (AvgIpc) is 2.65. The Labute approximate surface area is 110 Å². The lowest BCUT2D eigenvalue weighted by Gasteiger charge is -2.18. The molecule has 0 aromatic heterocycles. The summed E-state index contributed by atoms with van der Waals surface area (Å²) in [7, 11) is 0. The van der Waals surface area contributed by atoms with Gasteiger partial charge in [0.2, 0.25) is 0 Å². The smallest absolute Gasteiger partial charge is 0.0781 e. The van der Waals surface area contributed by atoms with Crippen LogP contribution in [0.2, 0.25) is 0 Å². The van der Waals surface area contributed by atoms with Crippen molar-refractivity contribution in [3.63, 3.8) is 0 Å². The highest BCUT2D eigenvalue weighted by atomic mass is 16.3. The molecule has 0 radical (unpaired) electrons. The zero-order valence-corrected chi connectivity index (χ0v) is 11.4. The van der Waals surface area contributed by atoms with Gasteiger partial charge >= 0.3 is 0 Å². The molecular formula is C16H25NO. The summed E-state index contributed by atoms with van der Waals surface area (Å²) in [6.07, 6.45) is 7.87. The number of anilines is 1. The molecular weight excluding hydrogens is 222 g/mol. The molecule has 0 heterocycles. The molecule has 1 aliphatic rings. The van der Waals surface area contributed by atoms with Gasteiger partial charge in [-0.1, -0.05) is 43.9 Å². The Kier molecular flexibility index (Phi) is 5.06. The number of rotatable bonds is 4. The SMILES string of the molecule is CC(O)c1ccccc1NCC1CCCCCC1. The fourth-order valence-corrected chi connectivity index (χ4v) is 2.84. The highest BCUT2D eigenvalue weighted by Crippen LogP contribution is 2.26. The Balaban J connectivity index is 1.92. The van der Waals surface area contributed by atoms with Gasteiger partial charge in [0.15, 0.2) is 0 Å². The summed E-state index contributed by atoms with van der Waals surface area (Å²) in [6.45, 7) is 2.87. The van der Waals surface area contributed by atoms with Crippen molar-refractivity contribution in [2.75, 3.05) is 11.9 Å². The lowest BCUT2D eigenvalue weighted by Crippen LogP contribution is -2.15. The van der Waals surface area contributed by atoms with Crippen LogP contribution >= 0.6 is 0 Å². The molecule has 0 saturated heterocycles. The van der Waals surface area contributed by atoms with E-state index in [9.17, 15) is 5.11 Å². The number of nitrogens with one attached hydrogen (secondary N) is 1. The fraction of sp³-hybridized carbons (Fsp3) is 0.625. The Hall–Kier alpha value is -1.02. The third kappa shape index (κ3) is 3.74. The highest BCUT2D eigenvalue weighted by molar-refractivity contribution is 5.52. The van der Waals surface area contributed by atoms with E-state index in [2.05, 4.69) is 11.4 Å². The Morgan fingerprint density at radius 3 is 2.50 bits per heavy atom. The van der Waals surface area contributed by atoms with Crippen molar-refractivity contribution in [3.05, 3.63) is 29.8 Å². The molecule has 18 heavy (non-hydrogen) atoms. The fourth-order valence-electron chi connectivity index (χ4n) is 2.84. The first-order valence-electron chi connectivity index (χ1n) is 7.28. The number of para-hydroxylation sites is 1. The molecule has 0 spiro atoms. The van der Waals surface area contributed by atoms with E-state index < -0.39 is 6.10 Å². The summed E-state index contributed by atoms with van der Waals surface area (Å²) in [4.78, 5) is 0. The van der Waals surface area contributed by atoms with Gasteiger partial charge in [-0.3, -0.25) is 0 Å². The summed E-state index contributed by atoms with van der Waals surface area (Å²) >= 11 is 0. The third-order valence-corrected chi connectivity index (χ3v) is 3.97. The van der Waals surface area contributed by atoms with Gasteiger partial charge < -0.3 is 10.4 Å². The van der Waals surface area contributed by atoms with Crippen molar-refractivity contribution in [3.8, 4) is 0 Å². The molecule has 1 aromatic carbocycles. The van der Waals surface area contributed by atoms with Gasteiger partial charge in [0, 0.05) is 17.8 Å². The summed E-state index contributed by atoms with van der Waals surface area (Å²) in [5.74, 6) is 0.801. The van der Waals surface area contributed by atoms with Crippen LogP contribution in [0.15, 0.2) is 24.3 Å². The largest absolute Gasteiger partial charge is 0.389 e. The molecule has 1 fully saturated rings. The second kappa shape index (κ2) is 6.79. The predicted molar refractivity (Wildman–Crippen MR) is 76.8 cm³/mol. The number of hydrogen-bond donors (Lipinski definition) is 2. The van der Waals surface area contributed by atoms with Gasteiger partial charge in [0.25, 0.3) is 0 Å². The van der Waals surface area contributed by atoms with Crippen LogP contribution in [0.4, 0.5) is 5.69 Å². The van der Waals surface area contributed by atoms with Crippen LogP contribution in [-0.4, -0.2) is 11.7 Å². The van der Waals surface area contributed by atoms with Crippen LogP contribution in [0, 0.1) is 5.92 Å². The standard InChI is InChI=1S/C16H25NO/c1-13(18)15-10-6-7-11-16(15)17-12-14-8-4-2-3-5-9-14/h6-7,10-11,13-14,17-18H,2-5,8-9,12H2,1H3. The lowest BCUT2D eigenvalue weighted by molar-refractivity contribution is 0.200. The normalized spacial score (nSPS) is 19.2. The van der Waals surface area contributed by atoms with Crippen LogP contribution in [0.1, 0.15) is 57.1 Å². The second-order valence-electron chi connectivity index (χ2n) is 5.50. The topological polar surface area (TPSA) is 32.3 Å². The Morgan fingerprint density at radius 2 is 1.83 bits per heavy atom. The molecule has 2 heteroatoms. The molecule has 1 unspecified atom stereocenters. The first-order chi connectivity index (χ1) is 8.77. The van der Waals surface area contributed by atoms with Crippen molar-refractivity contribution >= 4 is 5.69 Å². The first kappa shape index (κ1) is 13.4. The minimum Gasteiger partial charge on any atom is -0.389 e. The summed E-state index contributed by atoms with van der Waals surface area (Å²) in [5.41, 5.74) is 2.10. The highest BCUT2D eigenvalue weighted by Gasteiger charge is 2.13. The molecule has 100 valence electrons. The van der Waals surface area contributed by atoms with Gasteiger partial charge in [0.05, 0.1) is 6.10 Å². The summed E-state index contributed by atoms with van der Waals surface area (Å²) in [6, 6.07) is 8.08. The Bertz CT molecular complexity index is 354. The molecule has 1 saturated carbocycles. The van der Waals surface area contributed by atoms with Gasteiger partial charge in [0.1, 0.15) is 0 Å². The molecule has 1 aromatic rings. The molecule has 0 amide bonds. The van der Waals surface area contributed by atoms with Crippen molar-refractivity contribution < 1.29 is 5.11 Å². The minimum absolute atomic E-state index is 0.400. The van der Waals surface area contributed by atoms with Crippen molar-refractivity contribution in [2.24, 2.45) is 5.92 Å². The number of aliphatic hydroxyl groups excluding tert-OH is 1. The van der Waals surface area contributed by atoms with Gasteiger partial charge in [-0.25, -0.2) is 0 Å². The quantitative estimate of drug-likeness (QED) is 0.784. The zero-order chi connectivity index (χ0) is 12.8. The van der Waals surface area contributed by atoms with Crippen LogP contribution in [0.25, 0.3) is 0 Å². The van der Waals surface area contributed by atoms with Gasteiger partial charge in [-0.2, -0.15) is 0 Å². The summed E-state index contributed by atoms with van der Waals surface area (Å²) < 4.78 is 0. The monoisotopic (exact) mass is 247 g/mol. The van der Waals surface area contributed by atoms with Crippen molar-refractivity contribution in [1.82, 2.24) is 0 Å². The van der Waals surface area contributed by atoms with Crippen LogP contribution in [0.3, 0.4) is 0 Å². The van der Waals surface area contributed by atoms with E-state index in [0.717, 1.165) is 23.7 Å². The number of aliphatic hydroxyl groups is 1. The number of benzene rings is 1.